The number of aromatic nitrogens is 2. The Kier molecular flexibility index (Phi) is 3.22. The number of hydrogen-bond donors (Lipinski definition) is 0. The van der Waals surface area contributed by atoms with Gasteiger partial charge < -0.3 is 9.64 Å². The molecule has 0 bridgehead atoms. The summed E-state index contributed by atoms with van der Waals surface area (Å²) < 4.78 is 5.85. The summed E-state index contributed by atoms with van der Waals surface area (Å²) in [5, 5.41) is 2.28. The first-order valence-corrected chi connectivity index (χ1v) is 6.75. The quantitative estimate of drug-likeness (QED) is 0.796. The van der Waals surface area contributed by atoms with Crippen molar-refractivity contribution in [1.82, 2.24) is 14.9 Å². The highest BCUT2D eigenvalue weighted by molar-refractivity contribution is 6.30. The largest absolute Gasteiger partial charge is 0.470 e. The van der Waals surface area contributed by atoms with E-state index in [-0.39, 0.29) is 12.0 Å². The molecule has 0 saturated carbocycles. The van der Waals surface area contributed by atoms with Crippen molar-refractivity contribution in [3.05, 3.63) is 29.2 Å². The number of ether oxygens (including phenoxy) is 1. The van der Waals surface area contributed by atoms with E-state index in [2.05, 4.69) is 9.97 Å². The second-order valence-electron chi connectivity index (χ2n) is 4.96. The van der Waals surface area contributed by atoms with Crippen LogP contribution in [0.25, 0.3) is 10.8 Å². The van der Waals surface area contributed by atoms with Crippen LogP contribution < -0.4 is 4.74 Å². The normalized spacial score (nSPS) is 15.2. The van der Waals surface area contributed by atoms with Crippen LogP contribution in [0.4, 0.5) is 0 Å². The molecule has 1 aliphatic rings. The predicted molar refractivity (Wildman–Crippen MR) is 76.0 cm³/mol. The molecule has 1 saturated heterocycles. The Bertz CT molecular complexity index is 683. The number of pyridine rings is 2. The molecule has 2 aromatic rings. The Morgan fingerprint density at radius 1 is 1.35 bits per heavy atom. The lowest BCUT2D eigenvalue weighted by atomic mass is 10.1. The Morgan fingerprint density at radius 2 is 2.10 bits per heavy atom. The summed E-state index contributed by atoms with van der Waals surface area (Å²) in [5.41, 5.74) is 1.02. The van der Waals surface area contributed by atoms with Gasteiger partial charge in [0.25, 0.3) is 0 Å². The average molecular weight is 292 g/mol. The van der Waals surface area contributed by atoms with E-state index in [1.807, 2.05) is 13.0 Å². The highest BCUT2D eigenvalue weighted by Crippen LogP contribution is 2.28. The molecule has 6 heteroatoms. The summed E-state index contributed by atoms with van der Waals surface area (Å²) >= 11 is 5.92. The molecule has 0 radical (unpaired) electrons. The third kappa shape index (κ3) is 2.29. The lowest BCUT2D eigenvalue weighted by Gasteiger charge is -2.38. The van der Waals surface area contributed by atoms with Crippen LogP contribution in [0, 0.1) is 6.92 Å². The second-order valence-corrected chi connectivity index (χ2v) is 5.35. The Morgan fingerprint density at radius 3 is 2.80 bits per heavy atom. The van der Waals surface area contributed by atoms with Gasteiger partial charge >= 0.3 is 0 Å². The molecule has 104 valence electrons. The van der Waals surface area contributed by atoms with Crippen molar-refractivity contribution in [3.8, 4) is 5.88 Å². The maximum atomic E-state index is 11.1. The fraction of sp³-hybridized carbons (Fsp3) is 0.357. The molecule has 0 atom stereocenters. The van der Waals surface area contributed by atoms with E-state index in [1.165, 1.54) is 0 Å². The molecule has 3 rings (SSSR count). The molecule has 0 spiro atoms. The first kappa shape index (κ1) is 13.1. The van der Waals surface area contributed by atoms with Gasteiger partial charge in [-0.1, -0.05) is 11.6 Å². The number of rotatable bonds is 2. The van der Waals surface area contributed by atoms with Gasteiger partial charge in [0, 0.05) is 19.3 Å². The minimum atomic E-state index is -0.00650. The average Bonchev–Trinajstić information content (AvgIpc) is 2.35. The van der Waals surface area contributed by atoms with Crippen LogP contribution in [0.5, 0.6) is 5.88 Å². The maximum absolute atomic E-state index is 11.1. The molecule has 3 heterocycles. The second kappa shape index (κ2) is 4.90. The molecule has 0 aromatic carbocycles. The van der Waals surface area contributed by atoms with Crippen LogP contribution in [0.1, 0.15) is 12.5 Å². The molecular weight excluding hydrogens is 278 g/mol. The van der Waals surface area contributed by atoms with Crippen LogP contribution in [0.3, 0.4) is 0 Å². The zero-order valence-corrected chi connectivity index (χ0v) is 12.0. The summed E-state index contributed by atoms with van der Waals surface area (Å²) in [5.74, 6) is 0.614. The van der Waals surface area contributed by atoms with Gasteiger partial charge in [-0.25, -0.2) is 9.97 Å². The number of nitrogens with zero attached hydrogens (tertiary/aromatic N) is 3. The van der Waals surface area contributed by atoms with Crippen LogP contribution in [0.15, 0.2) is 18.5 Å². The van der Waals surface area contributed by atoms with Gasteiger partial charge in [-0.05, 0) is 23.9 Å². The van der Waals surface area contributed by atoms with Crippen molar-refractivity contribution < 1.29 is 9.53 Å². The highest BCUT2D eigenvalue weighted by atomic mass is 35.5. The molecule has 1 fully saturated rings. The van der Waals surface area contributed by atoms with Crippen LogP contribution in [-0.4, -0.2) is 40.0 Å². The number of likely N-dealkylation sites (tertiary alicyclic amines) is 1. The van der Waals surface area contributed by atoms with E-state index >= 15 is 0 Å². The van der Waals surface area contributed by atoms with Gasteiger partial charge in [-0.3, -0.25) is 4.79 Å². The monoisotopic (exact) mass is 291 g/mol. The van der Waals surface area contributed by atoms with Crippen LogP contribution in [-0.2, 0) is 4.79 Å². The van der Waals surface area contributed by atoms with Crippen LogP contribution >= 0.6 is 11.6 Å². The van der Waals surface area contributed by atoms with Crippen LogP contribution in [0.2, 0.25) is 5.15 Å². The van der Waals surface area contributed by atoms with Gasteiger partial charge in [0.15, 0.2) is 0 Å². The molecule has 0 unspecified atom stereocenters. The van der Waals surface area contributed by atoms with Gasteiger partial charge in [0.2, 0.25) is 11.8 Å². The lowest BCUT2D eigenvalue weighted by Crippen LogP contribution is -2.55. The van der Waals surface area contributed by atoms with E-state index in [0.717, 1.165) is 16.3 Å². The highest BCUT2D eigenvalue weighted by Gasteiger charge is 2.31. The Labute approximate surface area is 121 Å². The van der Waals surface area contributed by atoms with Gasteiger partial charge in [0.1, 0.15) is 11.3 Å². The van der Waals surface area contributed by atoms with E-state index in [9.17, 15) is 4.79 Å². The van der Waals surface area contributed by atoms with E-state index < -0.39 is 0 Å². The third-order valence-corrected chi connectivity index (χ3v) is 3.68. The number of amides is 1. The van der Waals surface area contributed by atoms with Gasteiger partial charge in [-0.2, -0.15) is 0 Å². The van der Waals surface area contributed by atoms with Crippen molar-refractivity contribution in [2.45, 2.75) is 20.0 Å². The van der Waals surface area contributed by atoms with Crippen molar-refractivity contribution >= 4 is 28.3 Å². The molecule has 1 aliphatic heterocycles. The summed E-state index contributed by atoms with van der Waals surface area (Å²) in [7, 11) is 0. The maximum Gasteiger partial charge on any atom is 0.223 e. The van der Waals surface area contributed by atoms with Crippen molar-refractivity contribution in [1.29, 1.82) is 0 Å². The first-order chi connectivity index (χ1) is 9.54. The summed E-state index contributed by atoms with van der Waals surface area (Å²) in [6, 6.07) is 1.81. The van der Waals surface area contributed by atoms with E-state index in [1.54, 1.807) is 24.2 Å². The summed E-state index contributed by atoms with van der Waals surface area (Å²) in [6.07, 6.45) is 3.43. The topological polar surface area (TPSA) is 55.3 Å². The summed E-state index contributed by atoms with van der Waals surface area (Å²) in [6.45, 7) is 4.73. The molecular formula is C14H14ClN3O2. The number of carbonyl (C=O) groups is 1. The van der Waals surface area contributed by atoms with Crippen molar-refractivity contribution in [2.24, 2.45) is 0 Å². The predicted octanol–water partition coefficient (Wildman–Crippen LogP) is 2.20. The van der Waals surface area contributed by atoms with E-state index in [4.69, 9.17) is 16.3 Å². The third-order valence-electron chi connectivity index (χ3n) is 3.47. The fourth-order valence-corrected chi connectivity index (χ4v) is 2.40. The zero-order valence-electron chi connectivity index (χ0n) is 11.3. The number of aryl methyl sites for hydroxylation is 1. The minimum absolute atomic E-state index is 0.00650. The van der Waals surface area contributed by atoms with Crippen molar-refractivity contribution in [2.75, 3.05) is 13.1 Å². The standard InChI is InChI=1S/C14H14ClN3O2/c1-8-4-17-14(12-5-16-13(15)3-11(8)12)20-10-6-18(7-10)9(2)19/h3-5,10H,6-7H2,1-2H3. The fourth-order valence-electron chi connectivity index (χ4n) is 2.24. The molecule has 2 aromatic heterocycles. The molecule has 20 heavy (non-hydrogen) atoms. The Hall–Kier alpha value is -1.88. The molecule has 5 nitrogen and oxygen atoms in total. The SMILES string of the molecule is CC(=O)N1CC(Oc2ncc(C)c3cc(Cl)ncc23)C1. The van der Waals surface area contributed by atoms with Gasteiger partial charge in [0.05, 0.1) is 18.5 Å². The number of carbonyl (C=O) groups excluding carboxylic acids is 1. The van der Waals surface area contributed by atoms with Crippen molar-refractivity contribution in [3.63, 3.8) is 0 Å². The lowest BCUT2D eigenvalue weighted by molar-refractivity contribution is -0.137. The molecule has 0 aliphatic carbocycles. The minimum Gasteiger partial charge on any atom is -0.470 e. The number of halogens is 1. The summed E-state index contributed by atoms with van der Waals surface area (Å²) in [4.78, 5) is 21.3. The van der Waals surface area contributed by atoms with Gasteiger partial charge in [-0.15, -0.1) is 0 Å². The number of fused-ring (bicyclic) bond motifs is 1. The zero-order chi connectivity index (χ0) is 14.3. The van der Waals surface area contributed by atoms with E-state index in [0.29, 0.717) is 24.1 Å². The number of hydrogen-bond acceptors (Lipinski definition) is 4. The molecule has 1 amide bonds. The first-order valence-electron chi connectivity index (χ1n) is 6.37. The smallest absolute Gasteiger partial charge is 0.223 e. The Balaban J connectivity index is 1.86. The molecule has 0 N–H and O–H groups in total.